The summed E-state index contributed by atoms with van der Waals surface area (Å²) in [5.74, 6) is 0. The van der Waals surface area contributed by atoms with Crippen LogP contribution < -0.4 is 0 Å². The molecule has 17 heavy (non-hydrogen) atoms. The Morgan fingerprint density at radius 3 is 1.82 bits per heavy atom. The molecule has 0 spiro atoms. The Hall–Kier alpha value is -0.120. The van der Waals surface area contributed by atoms with Crippen molar-refractivity contribution in [2.24, 2.45) is 0 Å². The smallest absolute Gasteiger partial charge is 0.0730 e. The van der Waals surface area contributed by atoms with Crippen molar-refractivity contribution in [2.45, 2.75) is 65.3 Å². The van der Waals surface area contributed by atoms with Gasteiger partial charge in [-0.25, -0.2) is 0 Å². The van der Waals surface area contributed by atoms with E-state index in [2.05, 4.69) is 60.5 Å². The van der Waals surface area contributed by atoms with E-state index in [1.165, 1.54) is 0 Å². The molecule has 104 valence electrons. The molecule has 0 N–H and O–H groups in total. The highest BCUT2D eigenvalue weighted by molar-refractivity contribution is 4.69. The monoisotopic (exact) mass is 245 g/mol. The Labute approximate surface area is 107 Å². The molecule has 3 nitrogen and oxygen atoms in total. The van der Waals surface area contributed by atoms with Crippen molar-refractivity contribution >= 4 is 0 Å². The van der Waals surface area contributed by atoms with E-state index in [9.17, 15) is 0 Å². The van der Waals surface area contributed by atoms with E-state index in [1.54, 1.807) is 0 Å². The second-order valence-electron chi connectivity index (χ2n) is 6.86. The maximum absolute atomic E-state index is 6.04. The molecule has 0 saturated heterocycles. The van der Waals surface area contributed by atoms with Gasteiger partial charge in [0.2, 0.25) is 0 Å². The Morgan fingerprint density at radius 1 is 0.941 bits per heavy atom. The van der Waals surface area contributed by atoms with Crippen LogP contribution in [0, 0.1) is 0 Å². The first-order valence-corrected chi connectivity index (χ1v) is 6.46. The van der Waals surface area contributed by atoms with Gasteiger partial charge in [-0.05, 0) is 62.1 Å². The van der Waals surface area contributed by atoms with E-state index in [4.69, 9.17) is 9.47 Å². The summed E-state index contributed by atoms with van der Waals surface area (Å²) < 4.78 is 11.8. The molecular formula is C14H31NO2. The van der Waals surface area contributed by atoms with E-state index in [0.717, 1.165) is 19.6 Å². The number of hydrogen-bond donors (Lipinski definition) is 0. The number of nitrogens with zero attached hydrogens (tertiary/aromatic N) is 1. The molecule has 0 saturated carbocycles. The third-order valence-electron chi connectivity index (χ3n) is 2.06. The fourth-order valence-corrected chi connectivity index (χ4v) is 1.59. The third kappa shape index (κ3) is 12.1. The van der Waals surface area contributed by atoms with Gasteiger partial charge in [0.15, 0.2) is 0 Å². The van der Waals surface area contributed by atoms with Gasteiger partial charge in [-0.2, -0.15) is 0 Å². The second kappa shape index (κ2) is 6.72. The van der Waals surface area contributed by atoms with Gasteiger partial charge >= 0.3 is 0 Å². The summed E-state index contributed by atoms with van der Waals surface area (Å²) in [6.45, 7) is 14.2. The maximum Gasteiger partial charge on any atom is 0.0730 e. The van der Waals surface area contributed by atoms with Gasteiger partial charge in [0.25, 0.3) is 0 Å². The summed E-state index contributed by atoms with van der Waals surface area (Å²) in [5, 5.41) is 0. The summed E-state index contributed by atoms with van der Waals surface area (Å²) in [7, 11) is 4.15. The zero-order valence-electron chi connectivity index (χ0n) is 13.0. The highest BCUT2D eigenvalue weighted by atomic mass is 16.5. The number of likely N-dealkylation sites (N-methyl/N-ethyl adjacent to an activating group) is 1. The lowest BCUT2D eigenvalue weighted by Crippen LogP contribution is -2.36. The van der Waals surface area contributed by atoms with Crippen LogP contribution in [0.1, 0.15) is 48.0 Å². The molecule has 0 heterocycles. The van der Waals surface area contributed by atoms with Gasteiger partial charge in [0.05, 0.1) is 17.3 Å². The van der Waals surface area contributed by atoms with Crippen LogP contribution in [0.4, 0.5) is 0 Å². The molecule has 0 aliphatic carbocycles. The van der Waals surface area contributed by atoms with Crippen molar-refractivity contribution in [2.75, 3.05) is 27.2 Å². The van der Waals surface area contributed by atoms with E-state index in [0.29, 0.717) is 0 Å². The molecule has 0 amide bonds. The molecule has 0 aromatic heterocycles. The fourth-order valence-electron chi connectivity index (χ4n) is 1.59. The second-order valence-corrected chi connectivity index (χ2v) is 6.86. The lowest BCUT2D eigenvalue weighted by Gasteiger charge is -2.30. The summed E-state index contributed by atoms with van der Waals surface area (Å²) in [6, 6.07) is 0. The van der Waals surface area contributed by atoms with Crippen molar-refractivity contribution < 1.29 is 9.47 Å². The van der Waals surface area contributed by atoms with E-state index < -0.39 is 0 Å². The maximum atomic E-state index is 6.04. The lowest BCUT2D eigenvalue weighted by molar-refractivity contribution is -0.0893. The van der Waals surface area contributed by atoms with Gasteiger partial charge < -0.3 is 14.4 Å². The van der Waals surface area contributed by atoms with Crippen LogP contribution in [0.2, 0.25) is 0 Å². The molecule has 0 aliphatic rings. The van der Waals surface area contributed by atoms with Crippen LogP contribution in [0.15, 0.2) is 0 Å². The molecule has 3 heteroatoms. The van der Waals surface area contributed by atoms with Gasteiger partial charge in [-0.15, -0.1) is 0 Å². The van der Waals surface area contributed by atoms with Crippen LogP contribution in [-0.2, 0) is 9.47 Å². The van der Waals surface area contributed by atoms with Gasteiger partial charge in [0.1, 0.15) is 0 Å². The van der Waals surface area contributed by atoms with Crippen LogP contribution in [-0.4, -0.2) is 49.5 Å². The van der Waals surface area contributed by atoms with Gasteiger partial charge in [-0.1, -0.05) is 0 Å². The zero-order chi connectivity index (χ0) is 13.7. The minimum absolute atomic E-state index is 0.0651. The summed E-state index contributed by atoms with van der Waals surface area (Å²) in [6.07, 6.45) is 1.17. The van der Waals surface area contributed by atoms with Crippen LogP contribution in [0.25, 0.3) is 0 Å². The Bertz CT molecular complexity index is 201. The normalized spacial score (nSPS) is 15.4. The minimum Gasteiger partial charge on any atom is -0.376 e. The summed E-state index contributed by atoms with van der Waals surface area (Å²) in [5.41, 5.74) is -0.160. The first-order chi connectivity index (χ1) is 7.49. The minimum atomic E-state index is -0.0948. The highest BCUT2D eigenvalue weighted by Gasteiger charge is 2.20. The molecule has 0 bridgehead atoms. The first-order valence-electron chi connectivity index (χ1n) is 6.46. The molecular weight excluding hydrogens is 214 g/mol. The van der Waals surface area contributed by atoms with Crippen molar-refractivity contribution in [1.29, 1.82) is 0 Å². The molecule has 0 rings (SSSR count). The standard InChI is InChI=1S/C14H31NO2/c1-13(2,3)16-10-9-12(11-15(7)8)17-14(4,5)6/h12H,9-11H2,1-8H3. The summed E-state index contributed by atoms with van der Waals surface area (Å²) in [4.78, 5) is 2.16. The largest absolute Gasteiger partial charge is 0.376 e. The predicted octanol–water partition coefficient (Wildman–Crippen LogP) is 2.94. The van der Waals surface area contributed by atoms with Gasteiger partial charge in [0, 0.05) is 13.2 Å². The highest BCUT2D eigenvalue weighted by Crippen LogP contribution is 2.15. The average Bonchev–Trinajstić information content (AvgIpc) is 1.95. The zero-order valence-corrected chi connectivity index (χ0v) is 13.0. The molecule has 0 aromatic carbocycles. The van der Waals surface area contributed by atoms with Gasteiger partial charge in [-0.3, -0.25) is 0 Å². The third-order valence-corrected chi connectivity index (χ3v) is 2.06. The lowest BCUT2D eigenvalue weighted by atomic mass is 10.1. The average molecular weight is 245 g/mol. The number of ether oxygens (including phenoxy) is 2. The Kier molecular flexibility index (Phi) is 6.67. The van der Waals surface area contributed by atoms with E-state index >= 15 is 0 Å². The first kappa shape index (κ1) is 16.9. The van der Waals surface area contributed by atoms with Crippen LogP contribution in [0.3, 0.4) is 0 Å². The van der Waals surface area contributed by atoms with Crippen LogP contribution >= 0.6 is 0 Å². The fraction of sp³-hybridized carbons (Fsp3) is 1.00. The quantitative estimate of drug-likeness (QED) is 0.718. The van der Waals surface area contributed by atoms with E-state index in [-0.39, 0.29) is 17.3 Å². The topological polar surface area (TPSA) is 21.7 Å². The molecule has 1 atom stereocenters. The molecule has 0 fully saturated rings. The van der Waals surface area contributed by atoms with E-state index in [1.807, 2.05) is 0 Å². The molecule has 1 unspecified atom stereocenters. The number of hydrogen-bond acceptors (Lipinski definition) is 3. The molecule has 0 aliphatic heterocycles. The summed E-state index contributed by atoms with van der Waals surface area (Å²) >= 11 is 0. The SMILES string of the molecule is CN(C)CC(CCOC(C)(C)C)OC(C)(C)C. The van der Waals surface area contributed by atoms with Crippen molar-refractivity contribution in [3.63, 3.8) is 0 Å². The number of rotatable bonds is 6. The Morgan fingerprint density at radius 2 is 1.47 bits per heavy atom. The van der Waals surface area contributed by atoms with Crippen molar-refractivity contribution in [3.8, 4) is 0 Å². The van der Waals surface area contributed by atoms with Crippen LogP contribution in [0.5, 0.6) is 0 Å². The predicted molar refractivity (Wildman–Crippen MR) is 73.5 cm³/mol. The Balaban J connectivity index is 4.11. The van der Waals surface area contributed by atoms with Crippen molar-refractivity contribution in [3.05, 3.63) is 0 Å². The van der Waals surface area contributed by atoms with Crippen molar-refractivity contribution in [1.82, 2.24) is 4.90 Å². The molecule has 0 radical (unpaired) electrons. The molecule has 0 aromatic rings.